The molecular formula is C18H19FN2O3. The smallest absolute Gasteiger partial charge is 0.273 e. The van der Waals surface area contributed by atoms with Crippen LogP contribution >= 0.6 is 0 Å². The van der Waals surface area contributed by atoms with Gasteiger partial charge in [0.2, 0.25) is 0 Å². The van der Waals surface area contributed by atoms with Crippen molar-refractivity contribution in [1.82, 2.24) is 10.3 Å². The lowest BCUT2D eigenvalue weighted by molar-refractivity contribution is 0.0929. The SMILES string of the molecule is O=C(N[C@@H]1CCCOc2c(F)cccc21)c1coc(CC2CC2)n1. The number of hydrogen-bond donors (Lipinski definition) is 1. The van der Waals surface area contributed by atoms with Gasteiger partial charge in [0, 0.05) is 12.0 Å². The summed E-state index contributed by atoms with van der Waals surface area (Å²) in [6, 6.07) is 4.49. The van der Waals surface area contributed by atoms with E-state index in [1.165, 1.54) is 25.2 Å². The first-order valence-electron chi connectivity index (χ1n) is 8.37. The summed E-state index contributed by atoms with van der Waals surface area (Å²) in [5.74, 6) is 0.784. The molecule has 1 aliphatic heterocycles. The molecule has 1 fully saturated rings. The number of oxazole rings is 1. The van der Waals surface area contributed by atoms with Gasteiger partial charge in [-0.1, -0.05) is 12.1 Å². The summed E-state index contributed by atoms with van der Waals surface area (Å²) in [5.41, 5.74) is 0.941. The van der Waals surface area contributed by atoms with Crippen LogP contribution in [0.1, 0.15) is 53.7 Å². The lowest BCUT2D eigenvalue weighted by Crippen LogP contribution is -2.28. The molecule has 0 unspecified atom stereocenters. The molecule has 2 aromatic rings. The number of carbonyl (C=O) groups is 1. The van der Waals surface area contributed by atoms with Crippen molar-refractivity contribution in [2.24, 2.45) is 5.92 Å². The molecule has 2 heterocycles. The zero-order valence-electron chi connectivity index (χ0n) is 13.3. The van der Waals surface area contributed by atoms with Gasteiger partial charge in [-0.05, 0) is 37.7 Å². The predicted octanol–water partition coefficient (Wildman–Crippen LogP) is 3.41. The van der Waals surface area contributed by atoms with Gasteiger partial charge in [0.25, 0.3) is 5.91 Å². The number of nitrogens with one attached hydrogen (secondary N) is 1. The quantitative estimate of drug-likeness (QED) is 0.933. The van der Waals surface area contributed by atoms with Crippen LogP contribution in [0.2, 0.25) is 0 Å². The predicted molar refractivity (Wildman–Crippen MR) is 84.3 cm³/mol. The van der Waals surface area contributed by atoms with Crippen molar-refractivity contribution in [3.63, 3.8) is 0 Å². The van der Waals surface area contributed by atoms with Crippen LogP contribution in [-0.4, -0.2) is 17.5 Å². The van der Waals surface area contributed by atoms with Crippen molar-refractivity contribution in [3.05, 3.63) is 47.4 Å². The van der Waals surface area contributed by atoms with Gasteiger partial charge in [0.1, 0.15) is 6.26 Å². The van der Waals surface area contributed by atoms with Crippen LogP contribution in [0, 0.1) is 11.7 Å². The molecule has 0 radical (unpaired) electrons. The highest BCUT2D eigenvalue weighted by Gasteiger charge is 2.27. The van der Waals surface area contributed by atoms with Gasteiger partial charge in [-0.15, -0.1) is 0 Å². The molecular weight excluding hydrogens is 311 g/mol. The van der Waals surface area contributed by atoms with Gasteiger partial charge >= 0.3 is 0 Å². The van der Waals surface area contributed by atoms with Crippen LogP contribution in [-0.2, 0) is 6.42 Å². The number of benzene rings is 1. The van der Waals surface area contributed by atoms with Gasteiger partial charge in [0.15, 0.2) is 23.2 Å². The van der Waals surface area contributed by atoms with Gasteiger partial charge in [-0.25, -0.2) is 9.37 Å². The summed E-state index contributed by atoms with van der Waals surface area (Å²) in [6.07, 6.45) is 6.02. The van der Waals surface area contributed by atoms with Crippen LogP contribution < -0.4 is 10.1 Å². The van der Waals surface area contributed by atoms with E-state index in [1.54, 1.807) is 12.1 Å². The number of ether oxygens (including phenoxy) is 1. The lowest BCUT2D eigenvalue weighted by Gasteiger charge is -2.17. The van der Waals surface area contributed by atoms with E-state index in [4.69, 9.17) is 9.15 Å². The van der Waals surface area contributed by atoms with Crippen molar-refractivity contribution >= 4 is 5.91 Å². The summed E-state index contributed by atoms with van der Waals surface area (Å²) in [6.45, 7) is 0.440. The molecule has 5 nitrogen and oxygen atoms in total. The van der Waals surface area contributed by atoms with Crippen LogP contribution in [0.4, 0.5) is 4.39 Å². The Morgan fingerprint density at radius 1 is 1.33 bits per heavy atom. The molecule has 126 valence electrons. The number of para-hydroxylation sites is 1. The number of halogens is 1. The maximum Gasteiger partial charge on any atom is 0.273 e. The van der Waals surface area contributed by atoms with Crippen LogP contribution in [0.25, 0.3) is 0 Å². The number of carbonyl (C=O) groups excluding carboxylic acids is 1. The fourth-order valence-electron chi connectivity index (χ4n) is 3.03. The van der Waals surface area contributed by atoms with Crippen molar-refractivity contribution < 1.29 is 18.3 Å². The van der Waals surface area contributed by atoms with E-state index in [2.05, 4.69) is 10.3 Å². The molecule has 4 rings (SSSR count). The highest BCUT2D eigenvalue weighted by Crippen LogP contribution is 2.34. The Hall–Kier alpha value is -2.37. The second-order valence-corrected chi connectivity index (χ2v) is 6.45. The van der Waals surface area contributed by atoms with E-state index in [9.17, 15) is 9.18 Å². The van der Waals surface area contributed by atoms with Crippen molar-refractivity contribution in [2.45, 2.75) is 38.1 Å². The monoisotopic (exact) mass is 330 g/mol. The second-order valence-electron chi connectivity index (χ2n) is 6.45. The molecule has 0 saturated heterocycles. The summed E-state index contributed by atoms with van der Waals surface area (Å²) >= 11 is 0. The van der Waals surface area contributed by atoms with Gasteiger partial charge < -0.3 is 14.5 Å². The Morgan fingerprint density at radius 2 is 2.21 bits per heavy atom. The maximum atomic E-state index is 14.0. The molecule has 1 aromatic heterocycles. The normalized spacial score (nSPS) is 20.0. The molecule has 1 aliphatic carbocycles. The molecule has 1 N–H and O–H groups in total. The Bertz CT molecular complexity index is 754. The Morgan fingerprint density at radius 3 is 3.04 bits per heavy atom. The average molecular weight is 330 g/mol. The molecule has 24 heavy (non-hydrogen) atoms. The third-order valence-electron chi connectivity index (χ3n) is 4.51. The minimum Gasteiger partial charge on any atom is -0.490 e. The van der Waals surface area contributed by atoms with Crippen LogP contribution in [0.15, 0.2) is 28.9 Å². The van der Waals surface area contributed by atoms with Gasteiger partial charge in [0.05, 0.1) is 12.6 Å². The van der Waals surface area contributed by atoms with Crippen molar-refractivity contribution in [1.29, 1.82) is 0 Å². The standard InChI is InChI=1S/C18H19FN2O3/c19-13-4-1-3-12-14(5-2-8-23-17(12)13)21-18(22)15-10-24-16(20-15)9-11-6-7-11/h1,3-4,10-11,14H,2,5-9H2,(H,21,22)/t14-/m1/s1. The van der Waals surface area contributed by atoms with E-state index in [1.807, 2.05) is 0 Å². The Labute approximate surface area is 139 Å². The van der Waals surface area contributed by atoms with Crippen LogP contribution in [0.5, 0.6) is 5.75 Å². The van der Waals surface area contributed by atoms with Gasteiger partial charge in [-0.2, -0.15) is 0 Å². The fourth-order valence-corrected chi connectivity index (χ4v) is 3.03. The van der Waals surface area contributed by atoms with Crippen molar-refractivity contribution in [3.8, 4) is 5.75 Å². The number of aromatic nitrogens is 1. The average Bonchev–Trinajstić information content (AvgIpc) is 3.30. The van der Waals surface area contributed by atoms with Crippen molar-refractivity contribution in [2.75, 3.05) is 6.61 Å². The third-order valence-corrected chi connectivity index (χ3v) is 4.51. The maximum absolute atomic E-state index is 14.0. The van der Waals surface area contributed by atoms with E-state index in [0.717, 1.165) is 12.8 Å². The Kier molecular flexibility index (Phi) is 3.96. The van der Waals surface area contributed by atoms with E-state index in [-0.39, 0.29) is 23.4 Å². The summed E-state index contributed by atoms with van der Waals surface area (Å²) in [7, 11) is 0. The second kappa shape index (κ2) is 6.26. The number of fused-ring (bicyclic) bond motifs is 1. The number of amides is 1. The summed E-state index contributed by atoms with van der Waals surface area (Å²) in [5, 5.41) is 2.93. The Balaban J connectivity index is 1.51. The molecule has 6 heteroatoms. The third kappa shape index (κ3) is 3.13. The highest BCUT2D eigenvalue weighted by atomic mass is 19.1. The molecule has 1 atom stereocenters. The zero-order valence-corrected chi connectivity index (χ0v) is 13.3. The van der Waals surface area contributed by atoms with Gasteiger partial charge in [-0.3, -0.25) is 4.79 Å². The molecule has 0 bridgehead atoms. The molecule has 0 spiro atoms. The molecule has 1 aromatic carbocycles. The first-order chi connectivity index (χ1) is 11.7. The largest absolute Gasteiger partial charge is 0.490 e. The highest BCUT2D eigenvalue weighted by molar-refractivity contribution is 5.92. The summed E-state index contributed by atoms with van der Waals surface area (Å²) < 4.78 is 24.8. The zero-order chi connectivity index (χ0) is 16.5. The fraction of sp³-hybridized carbons (Fsp3) is 0.444. The minimum atomic E-state index is -0.401. The number of hydrogen-bond acceptors (Lipinski definition) is 4. The van der Waals surface area contributed by atoms with E-state index < -0.39 is 5.82 Å². The van der Waals surface area contributed by atoms with E-state index in [0.29, 0.717) is 30.4 Å². The first-order valence-corrected chi connectivity index (χ1v) is 8.37. The molecule has 1 amide bonds. The number of nitrogens with zero attached hydrogens (tertiary/aromatic N) is 1. The first kappa shape index (κ1) is 15.2. The minimum absolute atomic E-state index is 0.231. The topological polar surface area (TPSA) is 64.4 Å². The number of rotatable bonds is 4. The van der Waals surface area contributed by atoms with Crippen LogP contribution in [0.3, 0.4) is 0 Å². The van der Waals surface area contributed by atoms with E-state index >= 15 is 0 Å². The lowest BCUT2D eigenvalue weighted by atomic mass is 10.0. The molecule has 1 saturated carbocycles. The molecule has 2 aliphatic rings. The summed E-state index contributed by atoms with van der Waals surface area (Å²) in [4.78, 5) is 16.7.